The zero-order valence-electron chi connectivity index (χ0n) is 7.89. The molecule has 12 heavy (non-hydrogen) atoms. The second-order valence-corrected chi connectivity index (χ2v) is 3.74. The Morgan fingerprint density at radius 1 is 1.33 bits per heavy atom. The van der Waals surface area contributed by atoms with Gasteiger partial charge in [0.05, 0.1) is 0 Å². The summed E-state index contributed by atoms with van der Waals surface area (Å²) in [6.45, 7) is 4.16. The van der Waals surface area contributed by atoms with Crippen LogP contribution in [0.25, 0.3) is 0 Å². The van der Waals surface area contributed by atoms with E-state index in [0.29, 0.717) is 5.92 Å². The Labute approximate surface area is 74.2 Å². The van der Waals surface area contributed by atoms with Gasteiger partial charge in [0.25, 0.3) is 0 Å². The summed E-state index contributed by atoms with van der Waals surface area (Å²) in [6, 6.07) is 0. The maximum atomic E-state index is 12.3. The summed E-state index contributed by atoms with van der Waals surface area (Å²) in [5.41, 5.74) is 0.841. The van der Waals surface area contributed by atoms with E-state index < -0.39 is 0 Å². The van der Waals surface area contributed by atoms with Crippen LogP contribution < -0.4 is 0 Å². The number of rotatable bonds is 1. The quantitative estimate of drug-likeness (QED) is 0.562. The van der Waals surface area contributed by atoms with Gasteiger partial charge in [-0.25, -0.2) is 4.39 Å². The molecule has 1 aliphatic carbocycles. The molecule has 0 saturated heterocycles. The van der Waals surface area contributed by atoms with Crippen molar-refractivity contribution in [3.63, 3.8) is 0 Å². The summed E-state index contributed by atoms with van der Waals surface area (Å²) < 4.78 is 12.3. The highest BCUT2D eigenvalue weighted by Crippen LogP contribution is 2.22. The molecular formula is C11H17F. The van der Waals surface area contributed by atoms with Crippen LogP contribution in [0.1, 0.15) is 26.7 Å². The Kier molecular flexibility index (Phi) is 3.51. The molecule has 0 radical (unpaired) electrons. The van der Waals surface area contributed by atoms with Crippen LogP contribution in [-0.4, -0.2) is 6.67 Å². The van der Waals surface area contributed by atoms with E-state index in [1.807, 2.05) is 12.2 Å². The zero-order valence-corrected chi connectivity index (χ0v) is 7.89. The van der Waals surface area contributed by atoms with Gasteiger partial charge in [0, 0.05) is 0 Å². The summed E-state index contributed by atoms with van der Waals surface area (Å²) in [6.07, 6.45) is 8.13. The number of hydrogen-bond donors (Lipinski definition) is 0. The Morgan fingerprint density at radius 3 is 2.67 bits per heavy atom. The summed E-state index contributed by atoms with van der Waals surface area (Å²) in [5, 5.41) is 0. The van der Waals surface area contributed by atoms with E-state index in [-0.39, 0.29) is 6.67 Å². The lowest BCUT2D eigenvalue weighted by Gasteiger charge is -2.18. The predicted molar refractivity (Wildman–Crippen MR) is 50.8 cm³/mol. The van der Waals surface area contributed by atoms with E-state index in [9.17, 15) is 4.39 Å². The standard InChI is InChI=1S/C11H17F/c1-9-4-3-5-11(8-12)7-6-10(9)2/h3,5,7,9-10H,4,6,8H2,1-2H3/b5-3-,11-7?/t9?,10-/m1/s1. The van der Waals surface area contributed by atoms with E-state index in [1.54, 1.807) is 0 Å². The molecule has 0 aromatic carbocycles. The van der Waals surface area contributed by atoms with E-state index in [4.69, 9.17) is 0 Å². The number of alkyl halides is 1. The molecule has 0 spiro atoms. The van der Waals surface area contributed by atoms with E-state index in [1.165, 1.54) is 0 Å². The summed E-state index contributed by atoms with van der Waals surface area (Å²) in [5.74, 6) is 1.40. The summed E-state index contributed by atoms with van der Waals surface area (Å²) >= 11 is 0. The predicted octanol–water partition coefficient (Wildman–Crippen LogP) is 3.50. The molecule has 0 nitrogen and oxygen atoms in total. The minimum atomic E-state index is -0.322. The third-order valence-electron chi connectivity index (χ3n) is 2.72. The lowest BCUT2D eigenvalue weighted by Crippen LogP contribution is -2.07. The zero-order chi connectivity index (χ0) is 8.97. The van der Waals surface area contributed by atoms with Crippen LogP contribution in [0.3, 0.4) is 0 Å². The van der Waals surface area contributed by atoms with Gasteiger partial charge < -0.3 is 0 Å². The van der Waals surface area contributed by atoms with E-state index in [2.05, 4.69) is 19.9 Å². The molecule has 1 heteroatoms. The van der Waals surface area contributed by atoms with Gasteiger partial charge in [-0.3, -0.25) is 0 Å². The van der Waals surface area contributed by atoms with Gasteiger partial charge in [-0.15, -0.1) is 0 Å². The Bertz CT molecular complexity index is 191. The number of hydrogen-bond acceptors (Lipinski definition) is 0. The highest BCUT2D eigenvalue weighted by atomic mass is 19.1. The van der Waals surface area contributed by atoms with Crippen LogP contribution in [0.2, 0.25) is 0 Å². The van der Waals surface area contributed by atoms with Crippen molar-refractivity contribution in [3.8, 4) is 0 Å². The molecule has 0 aliphatic heterocycles. The largest absolute Gasteiger partial charge is 0.246 e. The van der Waals surface area contributed by atoms with Crippen molar-refractivity contribution in [1.29, 1.82) is 0 Å². The highest BCUT2D eigenvalue weighted by molar-refractivity contribution is 5.20. The normalized spacial score (nSPS) is 33.4. The molecule has 0 N–H and O–H groups in total. The molecule has 2 atom stereocenters. The number of allylic oxidation sites excluding steroid dienone is 4. The monoisotopic (exact) mass is 168 g/mol. The van der Waals surface area contributed by atoms with Gasteiger partial charge in [-0.1, -0.05) is 32.1 Å². The number of halogens is 1. The van der Waals surface area contributed by atoms with Gasteiger partial charge >= 0.3 is 0 Å². The maximum Gasteiger partial charge on any atom is 0.114 e. The Hall–Kier alpha value is -0.590. The maximum absolute atomic E-state index is 12.3. The van der Waals surface area contributed by atoms with Crippen LogP contribution in [0.4, 0.5) is 4.39 Å². The summed E-state index contributed by atoms with van der Waals surface area (Å²) in [4.78, 5) is 0. The molecule has 0 saturated carbocycles. The third-order valence-corrected chi connectivity index (χ3v) is 2.72. The van der Waals surface area contributed by atoms with Gasteiger partial charge in [0.1, 0.15) is 6.67 Å². The second-order valence-electron chi connectivity index (χ2n) is 3.74. The van der Waals surface area contributed by atoms with E-state index in [0.717, 1.165) is 24.3 Å². The van der Waals surface area contributed by atoms with Crippen molar-refractivity contribution in [1.82, 2.24) is 0 Å². The van der Waals surface area contributed by atoms with Crippen molar-refractivity contribution in [2.24, 2.45) is 11.8 Å². The van der Waals surface area contributed by atoms with Gasteiger partial charge in [0.2, 0.25) is 0 Å². The lowest BCUT2D eigenvalue weighted by atomic mass is 9.88. The Morgan fingerprint density at radius 2 is 2.00 bits per heavy atom. The first-order valence-corrected chi connectivity index (χ1v) is 4.65. The molecule has 1 rings (SSSR count). The fourth-order valence-corrected chi connectivity index (χ4v) is 1.40. The van der Waals surface area contributed by atoms with Crippen LogP contribution in [0.5, 0.6) is 0 Å². The van der Waals surface area contributed by atoms with Crippen molar-refractivity contribution >= 4 is 0 Å². The first-order valence-electron chi connectivity index (χ1n) is 4.65. The molecule has 0 heterocycles. The van der Waals surface area contributed by atoms with Crippen molar-refractivity contribution in [3.05, 3.63) is 23.8 Å². The minimum Gasteiger partial charge on any atom is -0.246 e. The second kappa shape index (κ2) is 4.44. The summed E-state index contributed by atoms with van der Waals surface area (Å²) in [7, 11) is 0. The first kappa shape index (κ1) is 9.50. The topological polar surface area (TPSA) is 0 Å². The molecule has 0 bridgehead atoms. The van der Waals surface area contributed by atoms with Crippen LogP contribution in [0.15, 0.2) is 23.8 Å². The van der Waals surface area contributed by atoms with E-state index >= 15 is 0 Å². The third kappa shape index (κ3) is 2.47. The molecular weight excluding hydrogens is 151 g/mol. The first-order chi connectivity index (χ1) is 5.74. The molecule has 0 amide bonds. The molecule has 0 aromatic heterocycles. The fraction of sp³-hybridized carbons (Fsp3) is 0.636. The average molecular weight is 168 g/mol. The molecule has 0 aromatic rings. The lowest BCUT2D eigenvalue weighted by molar-refractivity contribution is 0.391. The van der Waals surface area contributed by atoms with Crippen LogP contribution in [-0.2, 0) is 0 Å². The highest BCUT2D eigenvalue weighted by Gasteiger charge is 2.11. The van der Waals surface area contributed by atoms with Gasteiger partial charge in [-0.05, 0) is 30.3 Å². The Balaban J connectivity index is 2.63. The van der Waals surface area contributed by atoms with Crippen molar-refractivity contribution in [2.45, 2.75) is 26.7 Å². The fourth-order valence-electron chi connectivity index (χ4n) is 1.40. The van der Waals surface area contributed by atoms with Crippen LogP contribution >= 0.6 is 0 Å². The molecule has 0 fully saturated rings. The SMILES string of the molecule is CC1C/C=C\C(CF)=CC[C@H]1C. The minimum absolute atomic E-state index is 0.322. The van der Waals surface area contributed by atoms with Crippen molar-refractivity contribution < 1.29 is 4.39 Å². The van der Waals surface area contributed by atoms with Crippen LogP contribution in [0, 0.1) is 11.8 Å². The smallest absolute Gasteiger partial charge is 0.114 e. The van der Waals surface area contributed by atoms with Gasteiger partial charge in [0.15, 0.2) is 0 Å². The average Bonchev–Trinajstić information content (AvgIpc) is 2.07. The van der Waals surface area contributed by atoms with Gasteiger partial charge in [-0.2, -0.15) is 0 Å². The molecule has 1 aliphatic rings. The van der Waals surface area contributed by atoms with Crippen molar-refractivity contribution in [2.75, 3.05) is 6.67 Å². The molecule has 1 unspecified atom stereocenters. The molecule has 68 valence electrons.